The molecule has 0 amide bonds. The van der Waals surface area contributed by atoms with Crippen LogP contribution in [0.1, 0.15) is 54.1 Å². The minimum atomic E-state index is -4.05. The number of rotatable bonds is 11. The van der Waals surface area contributed by atoms with Gasteiger partial charge in [0.15, 0.2) is 9.84 Å². The van der Waals surface area contributed by atoms with Crippen LogP contribution in [0.25, 0.3) is 0 Å². The van der Waals surface area contributed by atoms with Gasteiger partial charge >= 0.3 is 5.91 Å². The summed E-state index contributed by atoms with van der Waals surface area (Å²) in [6.07, 6.45) is 5.08. The maximum Gasteiger partial charge on any atom is 0.345 e. The first-order valence-electron chi connectivity index (χ1n) is 18.0. The van der Waals surface area contributed by atoms with E-state index in [2.05, 4.69) is 14.7 Å². The molecule has 6 rings (SSSR count). The van der Waals surface area contributed by atoms with Crippen LogP contribution in [0, 0.1) is 11.6 Å². The van der Waals surface area contributed by atoms with Gasteiger partial charge in [-0.05, 0) is 100 Å². The molecular formula is C42H40Cl2F2N5O8S2+. The Labute approximate surface area is 362 Å². The second-order valence-electron chi connectivity index (χ2n) is 13.4. The first-order valence-corrected chi connectivity index (χ1v) is 22.1. The van der Waals surface area contributed by atoms with Crippen molar-refractivity contribution >= 4 is 66.3 Å². The minimum Gasteiger partial charge on any atom is -0.491 e. The number of nitrogens with zero attached hydrogens (tertiary/aromatic N) is 3. The number of hydrogen-bond acceptors (Lipinski definition) is 11. The number of halogens is 4. The first-order chi connectivity index (χ1) is 28.6. The highest BCUT2D eigenvalue weighted by Gasteiger charge is 2.22. The molecule has 3 aromatic heterocycles. The molecule has 3 heterocycles. The summed E-state index contributed by atoms with van der Waals surface area (Å²) >= 11 is 11.7. The number of carbonyl (C=O) groups is 2. The summed E-state index contributed by atoms with van der Waals surface area (Å²) in [4.78, 5) is 32.8. The molecule has 0 radical (unpaired) electrons. The van der Waals surface area contributed by atoms with Crippen molar-refractivity contribution in [3.63, 3.8) is 0 Å². The highest BCUT2D eigenvalue weighted by Crippen LogP contribution is 2.26. The lowest BCUT2D eigenvalue weighted by Gasteiger charge is -2.13. The maximum absolute atomic E-state index is 13.5. The summed E-state index contributed by atoms with van der Waals surface area (Å²) in [5, 5.41) is 0.565. The van der Waals surface area contributed by atoms with Crippen molar-refractivity contribution in [2.45, 2.75) is 49.7 Å². The Kier molecular flexibility index (Phi) is 16.4. The van der Waals surface area contributed by atoms with Crippen molar-refractivity contribution in [1.82, 2.24) is 9.97 Å². The number of anilines is 2. The van der Waals surface area contributed by atoms with Crippen LogP contribution in [0.2, 0.25) is 10.0 Å². The van der Waals surface area contributed by atoms with Gasteiger partial charge in [-0.15, -0.1) is 0 Å². The molecule has 0 saturated heterocycles. The molecule has 13 nitrogen and oxygen atoms in total. The second-order valence-corrected chi connectivity index (χ2v) is 17.9. The molecule has 0 spiro atoms. The summed E-state index contributed by atoms with van der Waals surface area (Å²) in [6, 6.07) is 23.6. The molecule has 0 atom stereocenters. The smallest absolute Gasteiger partial charge is 0.345 e. The van der Waals surface area contributed by atoms with E-state index < -0.39 is 43.2 Å². The number of carbonyl (C=O) groups excluding carboxylic acids is 2. The van der Waals surface area contributed by atoms with Gasteiger partial charge in [0.2, 0.25) is 11.7 Å². The number of benzene rings is 3. The Hall–Kier alpha value is -6.01. The molecule has 0 aliphatic rings. The fourth-order valence-corrected chi connectivity index (χ4v) is 6.91. The van der Waals surface area contributed by atoms with Crippen molar-refractivity contribution in [3.05, 3.63) is 160 Å². The van der Waals surface area contributed by atoms with Crippen LogP contribution in [0.15, 0.2) is 132 Å². The van der Waals surface area contributed by atoms with E-state index in [9.17, 15) is 35.2 Å². The topological polar surface area (TPSA) is 189 Å². The van der Waals surface area contributed by atoms with Crippen molar-refractivity contribution in [2.24, 2.45) is 0 Å². The zero-order valence-electron chi connectivity index (χ0n) is 33.2. The van der Waals surface area contributed by atoms with Crippen LogP contribution >= 0.6 is 23.2 Å². The van der Waals surface area contributed by atoms with Crippen LogP contribution in [0.3, 0.4) is 0 Å². The van der Waals surface area contributed by atoms with Gasteiger partial charge in [0.25, 0.3) is 15.8 Å². The van der Waals surface area contributed by atoms with E-state index in [1.165, 1.54) is 108 Å². The van der Waals surface area contributed by atoms with Gasteiger partial charge in [-0.3, -0.25) is 15.3 Å². The monoisotopic (exact) mass is 914 g/mol. The lowest BCUT2D eigenvalue weighted by Crippen LogP contribution is -2.45. The molecule has 0 fully saturated rings. The Morgan fingerprint density at radius 2 is 1.31 bits per heavy atom. The molecule has 6 aromatic rings. The quantitative estimate of drug-likeness (QED) is 0.0947. The highest BCUT2D eigenvalue weighted by molar-refractivity contribution is 7.92. The predicted octanol–water partition coefficient (Wildman–Crippen LogP) is 8.00. The highest BCUT2D eigenvalue weighted by atomic mass is 35.5. The molecule has 3 aromatic carbocycles. The van der Waals surface area contributed by atoms with Crippen molar-refractivity contribution in [2.75, 3.05) is 16.7 Å². The number of ketones is 1. The number of hydrogen-bond donors (Lipinski definition) is 2. The van der Waals surface area contributed by atoms with Gasteiger partial charge in [-0.25, -0.2) is 40.4 Å². The molecule has 3 N–H and O–H groups in total. The SMILES string of the molecule is CC(C)Oc1ccc(S(=O)(=O)Nc2cc(Cl)cnc2C(=O)c2cccc(F)c2)cc1.CC(C)Oc1ccc(S(C)(=O)=O)cn1.Nc1cc(Cl)cc[n+]1C(=O)c1cccc(F)c1. The number of nitrogens with one attached hydrogen (secondary N) is 1. The largest absolute Gasteiger partial charge is 0.491 e. The van der Waals surface area contributed by atoms with Gasteiger partial charge < -0.3 is 9.47 Å². The van der Waals surface area contributed by atoms with E-state index in [-0.39, 0.29) is 55.3 Å². The minimum absolute atomic E-state index is 0.0282. The van der Waals surface area contributed by atoms with E-state index in [1.807, 2.05) is 27.7 Å². The van der Waals surface area contributed by atoms with E-state index in [4.69, 9.17) is 38.4 Å². The number of sulfone groups is 1. The summed E-state index contributed by atoms with van der Waals surface area (Å²) in [5.41, 5.74) is 5.60. The van der Waals surface area contributed by atoms with Crippen molar-refractivity contribution in [1.29, 1.82) is 0 Å². The lowest BCUT2D eigenvalue weighted by atomic mass is 10.1. The van der Waals surface area contributed by atoms with Gasteiger partial charge in [0.05, 0.1) is 43.3 Å². The third-order valence-corrected chi connectivity index (χ3v) is 10.6. The van der Waals surface area contributed by atoms with E-state index >= 15 is 0 Å². The Bertz CT molecular complexity index is 2730. The zero-order chi connectivity index (χ0) is 45.1. The van der Waals surface area contributed by atoms with Gasteiger partial charge in [0, 0.05) is 36.3 Å². The average molecular weight is 916 g/mol. The molecule has 61 heavy (non-hydrogen) atoms. The van der Waals surface area contributed by atoms with Gasteiger partial charge in [0.1, 0.15) is 29.3 Å². The number of pyridine rings is 3. The number of ether oxygens (including phenoxy) is 2. The first kappa shape index (κ1) is 47.7. The van der Waals surface area contributed by atoms with Crippen LogP contribution < -0.4 is 24.5 Å². The van der Waals surface area contributed by atoms with Crippen molar-refractivity contribution in [3.8, 4) is 11.6 Å². The molecule has 0 bridgehead atoms. The number of nitrogens with two attached hydrogens (primary N) is 1. The van der Waals surface area contributed by atoms with E-state index in [0.717, 1.165) is 18.4 Å². The summed E-state index contributed by atoms with van der Waals surface area (Å²) in [5.74, 6) is -0.956. The van der Waals surface area contributed by atoms with Crippen LogP contribution in [-0.4, -0.2) is 57.0 Å². The lowest BCUT2D eigenvalue weighted by molar-refractivity contribution is -0.555. The zero-order valence-corrected chi connectivity index (χ0v) is 36.4. The van der Waals surface area contributed by atoms with Crippen LogP contribution in [0.5, 0.6) is 11.6 Å². The molecule has 0 aliphatic carbocycles. The van der Waals surface area contributed by atoms with E-state index in [0.29, 0.717) is 16.7 Å². The maximum atomic E-state index is 13.5. The normalized spacial score (nSPS) is 11.1. The van der Waals surface area contributed by atoms with Crippen LogP contribution in [0.4, 0.5) is 20.3 Å². The summed E-state index contributed by atoms with van der Waals surface area (Å²) < 4.78 is 88.6. The molecule has 0 aliphatic heterocycles. The fourth-order valence-electron chi connectivity index (χ4n) is 4.97. The predicted molar refractivity (Wildman–Crippen MR) is 227 cm³/mol. The average Bonchev–Trinajstić information content (AvgIpc) is 3.17. The van der Waals surface area contributed by atoms with Gasteiger partial charge in [-0.2, -0.15) is 4.57 Å². The molecular weight excluding hydrogens is 876 g/mol. The van der Waals surface area contributed by atoms with Crippen LogP contribution in [-0.2, 0) is 19.9 Å². The van der Waals surface area contributed by atoms with Gasteiger partial charge in [-0.1, -0.05) is 41.4 Å². The van der Waals surface area contributed by atoms with Crippen molar-refractivity contribution < 1.29 is 49.2 Å². The molecule has 0 saturated carbocycles. The third kappa shape index (κ3) is 14.3. The second kappa shape index (κ2) is 21.0. The molecule has 320 valence electrons. The standard InChI is InChI=1S/C21H18ClFN2O4S.C12H8ClFN2O.C9H13NO3S/c1-13(2)29-17-6-8-18(9-7-17)30(27,28)25-19-11-15(22)12-24-20(19)21(26)14-4-3-5-16(23)10-14;13-9-4-5-16(11(15)7-9)12(17)8-2-1-3-10(14)6-8;1-7(2)13-9-5-4-8(6-10-9)14(3,11)12/h3-13,25H,1-2H3;1-7,15H;4-7H,1-3H3/p+1. The third-order valence-electron chi connectivity index (χ3n) is 7.64. The number of nitrogen functional groups attached to an aromatic ring is 1. The summed E-state index contributed by atoms with van der Waals surface area (Å²) in [6.45, 7) is 7.48. The number of aromatic nitrogens is 3. The fraction of sp³-hybridized carbons (Fsp3) is 0.167. The Morgan fingerprint density at radius 3 is 1.85 bits per heavy atom. The molecule has 19 heteroatoms. The Morgan fingerprint density at radius 1 is 0.721 bits per heavy atom. The Balaban J connectivity index is 0.000000223. The number of sulfonamides is 1. The summed E-state index contributed by atoms with van der Waals surface area (Å²) in [7, 11) is -7.22. The molecule has 0 unspecified atom stereocenters. The van der Waals surface area contributed by atoms with E-state index in [1.54, 1.807) is 6.07 Å².